The van der Waals surface area contributed by atoms with Crippen LogP contribution in [0.1, 0.15) is 90.4 Å². The molecule has 0 aliphatic rings. The Morgan fingerprint density at radius 1 is 0.955 bits per heavy atom. The van der Waals surface area contributed by atoms with Crippen LogP contribution in [-0.2, 0) is 4.79 Å². The summed E-state index contributed by atoms with van der Waals surface area (Å²) in [5.74, 6) is -0.689. The van der Waals surface area contributed by atoms with Gasteiger partial charge in [0, 0.05) is 55.3 Å². The Labute approximate surface area is 177 Å². The standard InChI is InChI=1S/C18H34O3.Ba/c1-2-3-4-11-14-17(19)15-12-9-7-5-6-8-10-13-16-18(20)21;/h9,12,17,19H,2-8,10-11,13-16H2,1H3,(H,20,21);. The Balaban J connectivity index is 0. The topological polar surface area (TPSA) is 57.5 Å². The van der Waals surface area contributed by atoms with Crippen molar-refractivity contribution in [3.05, 3.63) is 12.2 Å². The molecule has 0 spiro atoms. The Morgan fingerprint density at radius 3 is 2.27 bits per heavy atom. The first kappa shape index (κ1) is 25.0. The number of aliphatic hydroxyl groups excluding tert-OH is 1. The summed E-state index contributed by atoms with van der Waals surface area (Å²) in [6.07, 6.45) is 17.4. The minimum Gasteiger partial charge on any atom is -0.481 e. The third-order valence-corrected chi connectivity index (χ3v) is 3.73. The van der Waals surface area contributed by atoms with E-state index in [4.69, 9.17) is 5.11 Å². The zero-order valence-electron chi connectivity index (χ0n) is 14.4. The first-order valence-electron chi connectivity index (χ1n) is 8.71. The molecule has 0 aromatic rings. The third-order valence-electron chi connectivity index (χ3n) is 3.73. The van der Waals surface area contributed by atoms with Crippen molar-refractivity contribution < 1.29 is 15.0 Å². The van der Waals surface area contributed by atoms with Gasteiger partial charge in [-0.25, -0.2) is 0 Å². The molecule has 1 unspecified atom stereocenters. The van der Waals surface area contributed by atoms with Crippen LogP contribution in [0, 0.1) is 0 Å². The molecule has 2 radical (unpaired) electrons. The van der Waals surface area contributed by atoms with Crippen molar-refractivity contribution in [3.63, 3.8) is 0 Å². The van der Waals surface area contributed by atoms with Crippen LogP contribution in [-0.4, -0.2) is 71.2 Å². The fourth-order valence-electron chi connectivity index (χ4n) is 2.36. The van der Waals surface area contributed by atoms with E-state index in [0.29, 0.717) is 6.42 Å². The molecule has 0 heterocycles. The molecule has 4 heteroatoms. The molecule has 0 saturated heterocycles. The number of hydrogen-bond acceptors (Lipinski definition) is 2. The van der Waals surface area contributed by atoms with Gasteiger partial charge in [0.15, 0.2) is 0 Å². The van der Waals surface area contributed by atoms with Gasteiger partial charge >= 0.3 is 5.97 Å². The summed E-state index contributed by atoms with van der Waals surface area (Å²) in [4.78, 5) is 10.3. The van der Waals surface area contributed by atoms with Gasteiger partial charge < -0.3 is 10.2 Å². The van der Waals surface area contributed by atoms with E-state index < -0.39 is 5.97 Å². The average Bonchev–Trinajstić information content (AvgIpc) is 2.45. The van der Waals surface area contributed by atoms with Crippen molar-refractivity contribution in [1.82, 2.24) is 0 Å². The van der Waals surface area contributed by atoms with Crippen LogP contribution in [0.25, 0.3) is 0 Å². The van der Waals surface area contributed by atoms with Crippen molar-refractivity contribution in [3.8, 4) is 0 Å². The van der Waals surface area contributed by atoms with E-state index >= 15 is 0 Å². The zero-order valence-corrected chi connectivity index (χ0v) is 18.9. The Bertz CT molecular complexity index is 267. The van der Waals surface area contributed by atoms with E-state index in [-0.39, 0.29) is 55.0 Å². The summed E-state index contributed by atoms with van der Waals surface area (Å²) in [5.41, 5.74) is 0. The molecule has 22 heavy (non-hydrogen) atoms. The zero-order chi connectivity index (χ0) is 15.8. The number of aliphatic carboxylic acids is 1. The maximum absolute atomic E-state index is 10.3. The van der Waals surface area contributed by atoms with E-state index in [1.165, 1.54) is 25.7 Å². The fourth-order valence-corrected chi connectivity index (χ4v) is 2.36. The second-order valence-electron chi connectivity index (χ2n) is 5.91. The summed E-state index contributed by atoms with van der Waals surface area (Å²) in [6.45, 7) is 2.20. The van der Waals surface area contributed by atoms with Crippen molar-refractivity contribution >= 4 is 54.9 Å². The minimum atomic E-state index is -0.689. The molecule has 3 nitrogen and oxygen atoms in total. The van der Waals surface area contributed by atoms with Crippen LogP contribution in [0.4, 0.5) is 0 Å². The number of aliphatic hydroxyl groups is 1. The van der Waals surface area contributed by atoms with Crippen molar-refractivity contribution in [2.24, 2.45) is 0 Å². The van der Waals surface area contributed by atoms with Gasteiger partial charge in [0.05, 0.1) is 6.10 Å². The number of carboxylic acid groups (broad SMARTS) is 1. The molecule has 126 valence electrons. The van der Waals surface area contributed by atoms with E-state index in [1.54, 1.807) is 0 Å². The number of carboxylic acids is 1. The molecule has 0 amide bonds. The maximum Gasteiger partial charge on any atom is 0.303 e. The average molecular weight is 436 g/mol. The SMILES string of the molecule is CCCCCCC(O)CC=CCCCCCCCC(=O)O.[Ba]. The fraction of sp³-hybridized carbons (Fsp3) is 0.833. The predicted molar refractivity (Wildman–Crippen MR) is 94.2 cm³/mol. The molecule has 0 bridgehead atoms. The van der Waals surface area contributed by atoms with Crippen LogP contribution in [0.15, 0.2) is 12.2 Å². The summed E-state index contributed by atoms with van der Waals surface area (Å²) in [7, 11) is 0. The van der Waals surface area contributed by atoms with Gasteiger partial charge in [-0.1, -0.05) is 64.0 Å². The molecule has 0 rings (SSSR count). The second kappa shape index (κ2) is 19.8. The van der Waals surface area contributed by atoms with E-state index in [1.807, 2.05) is 0 Å². The van der Waals surface area contributed by atoms with E-state index in [9.17, 15) is 9.90 Å². The van der Waals surface area contributed by atoms with Gasteiger partial charge in [0.1, 0.15) is 0 Å². The smallest absolute Gasteiger partial charge is 0.303 e. The largest absolute Gasteiger partial charge is 0.481 e. The van der Waals surface area contributed by atoms with Crippen LogP contribution in [0.3, 0.4) is 0 Å². The summed E-state index contributed by atoms with van der Waals surface area (Å²) in [5, 5.41) is 18.3. The minimum absolute atomic E-state index is 0. The van der Waals surface area contributed by atoms with Crippen LogP contribution >= 0.6 is 0 Å². The number of rotatable bonds is 15. The van der Waals surface area contributed by atoms with E-state index in [2.05, 4.69) is 19.1 Å². The monoisotopic (exact) mass is 436 g/mol. The van der Waals surface area contributed by atoms with Gasteiger partial charge in [0.2, 0.25) is 0 Å². The third kappa shape index (κ3) is 20.7. The number of allylic oxidation sites excluding steroid dienone is 1. The molecule has 0 aromatic heterocycles. The van der Waals surface area contributed by atoms with Crippen molar-refractivity contribution in [1.29, 1.82) is 0 Å². The maximum atomic E-state index is 10.3. The number of unbranched alkanes of at least 4 members (excludes halogenated alkanes) is 8. The van der Waals surface area contributed by atoms with Crippen molar-refractivity contribution in [2.45, 2.75) is 96.5 Å². The first-order chi connectivity index (χ1) is 10.2. The Kier molecular flexibility index (Phi) is 22.5. The van der Waals surface area contributed by atoms with Gasteiger partial charge in [0.25, 0.3) is 0 Å². The van der Waals surface area contributed by atoms with Gasteiger partial charge in [-0.15, -0.1) is 0 Å². The van der Waals surface area contributed by atoms with Gasteiger partial charge in [-0.2, -0.15) is 0 Å². The first-order valence-corrected chi connectivity index (χ1v) is 8.71. The molecule has 1 atom stereocenters. The Hall–Kier alpha value is 0.741. The molecule has 0 aliphatic carbocycles. The summed E-state index contributed by atoms with van der Waals surface area (Å²) < 4.78 is 0. The van der Waals surface area contributed by atoms with Crippen molar-refractivity contribution in [2.75, 3.05) is 0 Å². The molecule has 0 aliphatic heterocycles. The van der Waals surface area contributed by atoms with Crippen LogP contribution in [0.2, 0.25) is 0 Å². The van der Waals surface area contributed by atoms with E-state index in [0.717, 1.165) is 51.4 Å². The molecular weight excluding hydrogens is 402 g/mol. The number of hydrogen-bond donors (Lipinski definition) is 2. The van der Waals surface area contributed by atoms with Crippen LogP contribution < -0.4 is 0 Å². The molecule has 0 aromatic carbocycles. The quantitative estimate of drug-likeness (QED) is 0.223. The molecular formula is C18H34BaO3. The predicted octanol–water partition coefficient (Wildman–Crippen LogP) is 4.70. The van der Waals surface area contributed by atoms with Crippen LogP contribution in [0.5, 0.6) is 0 Å². The normalized spacial score (nSPS) is 12.3. The van der Waals surface area contributed by atoms with Gasteiger partial charge in [-0.05, 0) is 32.1 Å². The molecule has 0 fully saturated rings. The second-order valence-corrected chi connectivity index (χ2v) is 5.91. The Morgan fingerprint density at radius 2 is 1.59 bits per heavy atom. The summed E-state index contributed by atoms with van der Waals surface area (Å²) >= 11 is 0. The molecule has 0 saturated carbocycles. The number of carbonyl (C=O) groups is 1. The van der Waals surface area contributed by atoms with Gasteiger partial charge in [-0.3, -0.25) is 4.79 Å². The summed E-state index contributed by atoms with van der Waals surface area (Å²) in [6, 6.07) is 0. The molecule has 2 N–H and O–H groups in total.